The average molecular weight is 508 g/mol. The zero-order valence-electron chi connectivity index (χ0n) is 22.1. The Morgan fingerprint density at radius 1 is 1.17 bits per heavy atom. The molecule has 1 aliphatic carbocycles. The van der Waals surface area contributed by atoms with E-state index in [1.54, 1.807) is 30.2 Å². The van der Waals surface area contributed by atoms with E-state index in [0.717, 1.165) is 19.3 Å². The standard InChI is InChI=1S/C26H41N3O7/c1-5-21(35-4)16-28-15-20(14-27-3)29(17-24(28)33)23(32)11-7-6-10-22(31)25(34)26(12-8-9-13-26)18-36-19(2)30/h14,20-21H,5-13,15-18H2,1-4H3. The number of hydrogen-bond donors (Lipinski definition) is 0. The van der Waals surface area contributed by atoms with Gasteiger partial charge in [-0.25, -0.2) is 0 Å². The van der Waals surface area contributed by atoms with Crippen LogP contribution in [0, 0.1) is 5.41 Å². The lowest BCUT2D eigenvalue weighted by Gasteiger charge is -2.40. The molecular formula is C26H41N3O7. The summed E-state index contributed by atoms with van der Waals surface area (Å²) in [7, 11) is 3.25. The second-order valence-electron chi connectivity index (χ2n) is 9.79. The summed E-state index contributed by atoms with van der Waals surface area (Å²) < 4.78 is 10.5. The highest BCUT2D eigenvalue weighted by Gasteiger charge is 2.44. The lowest BCUT2D eigenvalue weighted by Crippen LogP contribution is -2.59. The average Bonchev–Trinajstić information content (AvgIpc) is 3.35. The van der Waals surface area contributed by atoms with Crippen LogP contribution >= 0.6 is 0 Å². The highest BCUT2D eigenvalue weighted by atomic mass is 16.5. The minimum Gasteiger partial charge on any atom is -0.465 e. The molecule has 1 heterocycles. The van der Waals surface area contributed by atoms with Crippen LogP contribution in [0.5, 0.6) is 0 Å². The molecular weight excluding hydrogens is 466 g/mol. The molecule has 2 rings (SSSR count). The normalized spacial score (nSPS) is 20.6. The molecule has 2 aliphatic rings. The van der Waals surface area contributed by atoms with Crippen molar-refractivity contribution >= 4 is 35.6 Å². The molecule has 0 aromatic rings. The highest BCUT2D eigenvalue weighted by molar-refractivity contribution is 6.39. The Morgan fingerprint density at radius 3 is 2.42 bits per heavy atom. The molecule has 0 radical (unpaired) electrons. The van der Waals surface area contributed by atoms with Gasteiger partial charge in [0.1, 0.15) is 13.2 Å². The van der Waals surface area contributed by atoms with Crippen molar-refractivity contribution in [2.75, 3.05) is 40.4 Å². The van der Waals surface area contributed by atoms with Gasteiger partial charge >= 0.3 is 5.97 Å². The van der Waals surface area contributed by atoms with E-state index in [9.17, 15) is 24.0 Å². The fourth-order valence-corrected chi connectivity index (χ4v) is 5.00. The van der Waals surface area contributed by atoms with E-state index in [1.807, 2.05) is 6.92 Å². The maximum absolute atomic E-state index is 12.9. The number of aliphatic imine (C=N–C) groups is 1. The molecule has 202 valence electrons. The summed E-state index contributed by atoms with van der Waals surface area (Å²) in [4.78, 5) is 69.7. The number of rotatable bonds is 14. The SMILES string of the molecule is CCC(CN1CC(C=NC)N(C(=O)CCCCC(=O)C(=O)C2(COC(C)=O)CCCC2)CC1=O)OC. The van der Waals surface area contributed by atoms with Crippen LogP contribution in [0.3, 0.4) is 0 Å². The molecule has 10 nitrogen and oxygen atoms in total. The van der Waals surface area contributed by atoms with Crippen LogP contribution in [0.15, 0.2) is 4.99 Å². The Hall–Kier alpha value is -2.62. The molecule has 0 N–H and O–H groups in total. The molecule has 2 atom stereocenters. The van der Waals surface area contributed by atoms with E-state index >= 15 is 0 Å². The van der Waals surface area contributed by atoms with Gasteiger partial charge in [-0.1, -0.05) is 19.8 Å². The number of Topliss-reactive ketones (excluding diaryl/α,β-unsaturated/α-hetero) is 2. The van der Waals surface area contributed by atoms with E-state index in [2.05, 4.69) is 4.99 Å². The van der Waals surface area contributed by atoms with E-state index in [0.29, 0.717) is 38.8 Å². The van der Waals surface area contributed by atoms with Crippen molar-refractivity contribution in [1.82, 2.24) is 9.80 Å². The van der Waals surface area contributed by atoms with Crippen LogP contribution in [0.4, 0.5) is 0 Å². The van der Waals surface area contributed by atoms with Gasteiger partial charge in [0.2, 0.25) is 17.6 Å². The third-order valence-electron chi connectivity index (χ3n) is 7.21. The molecule has 2 fully saturated rings. The van der Waals surface area contributed by atoms with E-state index in [-0.39, 0.29) is 50.0 Å². The van der Waals surface area contributed by atoms with Gasteiger partial charge < -0.3 is 19.3 Å². The van der Waals surface area contributed by atoms with Crippen molar-refractivity contribution in [2.45, 2.75) is 83.8 Å². The van der Waals surface area contributed by atoms with Gasteiger partial charge in [0.15, 0.2) is 5.78 Å². The van der Waals surface area contributed by atoms with Gasteiger partial charge in [0, 0.05) is 53.2 Å². The van der Waals surface area contributed by atoms with Crippen molar-refractivity contribution in [2.24, 2.45) is 10.4 Å². The first-order valence-electron chi connectivity index (χ1n) is 12.9. The van der Waals surface area contributed by atoms with Crippen LogP contribution < -0.4 is 0 Å². The van der Waals surface area contributed by atoms with Gasteiger partial charge in [0.25, 0.3) is 0 Å². The maximum Gasteiger partial charge on any atom is 0.302 e. The molecule has 10 heteroatoms. The second-order valence-corrected chi connectivity index (χ2v) is 9.79. The predicted octanol–water partition coefficient (Wildman–Crippen LogP) is 1.97. The molecule has 2 unspecified atom stereocenters. The monoisotopic (exact) mass is 507 g/mol. The first kappa shape index (κ1) is 29.6. The van der Waals surface area contributed by atoms with Crippen molar-refractivity contribution in [3.05, 3.63) is 0 Å². The number of methoxy groups -OCH3 is 1. The predicted molar refractivity (Wildman–Crippen MR) is 134 cm³/mol. The van der Waals surface area contributed by atoms with Crippen LogP contribution in [0.1, 0.15) is 71.6 Å². The summed E-state index contributed by atoms with van der Waals surface area (Å²) in [5, 5.41) is 0. The fraction of sp³-hybridized carbons (Fsp3) is 0.769. The van der Waals surface area contributed by atoms with Crippen LogP contribution in [0.25, 0.3) is 0 Å². The number of amides is 2. The number of ketones is 2. The molecule has 1 saturated carbocycles. The lowest BCUT2D eigenvalue weighted by atomic mass is 9.79. The molecule has 1 saturated heterocycles. The van der Waals surface area contributed by atoms with Crippen molar-refractivity contribution < 1.29 is 33.4 Å². The van der Waals surface area contributed by atoms with Crippen LogP contribution in [-0.4, -0.2) is 97.9 Å². The largest absolute Gasteiger partial charge is 0.465 e. The number of piperazine rings is 1. The van der Waals surface area contributed by atoms with Gasteiger partial charge in [-0.15, -0.1) is 0 Å². The van der Waals surface area contributed by atoms with Gasteiger partial charge in [-0.05, 0) is 32.1 Å². The summed E-state index contributed by atoms with van der Waals surface area (Å²) in [5.74, 6) is -1.70. The third kappa shape index (κ3) is 7.94. The number of hydrogen-bond acceptors (Lipinski definition) is 8. The molecule has 36 heavy (non-hydrogen) atoms. The quantitative estimate of drug-likeness (QED) is 0.152. The molecule has 0 aromatic carbocycles. The summed E-state index contributed by atoms with van der Waals surface area (Å²) in [6, 6.07) is -0.318. The Bertz CT molecular complexity index is 831. The molecule has 2 amide bonds. The van der Waals surface area contributed by atoms with Crippen molar-refractivity contribution in [1.29, 1.82) is 0 Å². The van der Waals surface area contributed by atoms with E-state index < -0.39 is 23.0 Å². The summed E-state index contributed by atoms with van der Waals surface area (Å²) in [5.41, 5.74) is -0.898. The highest BCUT2D eigenvalue weighted by Crippen LogP contribution is 2.40. The fourth-order valence-electron chi connectivity index (χ4n) is 5.00. The number of carbonyl (C=O) groups excluding carboxylic acids is 5. The Kier molecular flexibility index (Phi) is 11.7. The summed E-state index contributed by atoms with van der Waals surface area (Å²) in [6.45, 7) is 4.05. The maximum atomic E-state index is 12.9. The smallest absolute Gasteiger partial charge is 0.302 e. The Morgan fingerprint density at radius 2 is 1.83 bits per heavy atom. The number of ether oxygens (including phenoxy) is 2. The molecule has 0 bridgehead atoms. The zero-order valence-corrected chi connectivity index (χ0v) is 22.1. The Labute approximate surface area is 213 Å². The zero-order chi connectivity index (χ0) is 26.7. The first-order valence-corrected chi connectivity index (χ1v) is 12.9. The minimum absolute atomic E-state index is 0.0221. The third-order valence-corrected chi connectivity index (χ3v) is 7.21. The number of carbonyl (C=O) groups is 5. The Balaban J connectivity index is 1.87. The number of nitrogens with zero attached hydrogens (tertiary/aromatic N) is 3. The summed E-state index contributed by atoms with van der Waals surface area (Å²) in [6.07, 6.45) is 6.20. The molecule has 1 aliphatic heterocycles. The van der Waals surface area contributed by atoms with E-state index in [4.69, 9.17) is 9.47 Å². The van der Waals surface area contributed by atoms with Gasteiger partial charge in [0.05, 0.1) is 17.6 Å². The lowest BCUT2D eigenvalue weighted by molar-refractivity contribution is -0.152. The van der Waals surface area contributed by atoms with Crippen LogP contribution in [-0.2, 0) is 33.4 Å². The number of unbranched alkanes of at least 4 members (excludes halogenated alkanes) is 1. The first-order chi connectivity index (χ1) is 17.2. The minimum atomic E-state index is -0.898. The molecule has 0 aromatic heterocycles. The molecule has 0 spiro atoms. The van der Waals surface area contributed by atoms with Crippen molar-refractivity contribution in [3.63, 3.8) is 0 Å². The number of esters is 1. The van der Waals surface area contributed by atoms with Crippen molar-refractivity contribution in [3.8, 4) is 0 Å². The van der Waals surface area contributed by atoms with Gasteiger partial charge in [-0.2, -0.15) is 0 Å². The van der Waals surface area contributed by atoms with E-state index in [1.165, 1.54) is 6.92 Å². The summed E-state index contributed by atoms with van der Waals surface area (Å²) >= 11 is 0. The van der Waals surface area contributed by atoms with Gasteiger partial charge in [-0.3, -0.25) is 29.0 Å². The van der Waals surface area contributed by atoms with Crippen LogP contribution in [0.2, 0.25) is 0 Å². The second kappa shape index (κ2) is 14.2. The topological polar surface area (TPSA) is 123 Å².